The average molecular weight is 278 g/mol. The number of benzene rings is 2. The molecule has 2 N–H and O–H groups in total. The van der Waals surface area contributed by atoms with Crippen molar-refractivity contribution in [1.29, 1.82) is 0 Å². The molecule has 2 aliphatic rings. The second-order valence-corrected chi connectivity index (χ2v) is 6.55. The van der Waals surface area contributed by atoms with Crippen molar-refractivity contribution >= 4 is 11.4 Å². The lowest BCUT2D eigenvalue weighted by molar-refractivity contribution is 0.407. The summed E-state index contributed by atoms with van der Waals surface area (Å²) in [7, 11) is 0. The van der Waals surface area contributed by atoms with Gasteiger partial charge in [-0.3, -0.25) is 0 Å². The second kappa shape index (κ2) is 5.10. The molecule has 2 nitrogen and oxygen atoms in total. The minimum atomic E-state index is 0.224. The van der Waals surface area contributed by atoms with Crippen molar-refractivity contribution in [2.75, 3.05) is 10.6 Å². The Labute approximate surface area is 126 Å². The zero-order chi connectivity index (χ0) is 14.1. The van der Waals surface area contributed by atoms with Crippen molar-refractivity contribution in [2.24, 2.45) is 5.92 Å². The molecule has 3 unspecified atom stereocenters. The zero-order valence-corrected chi connectivity index (χ0v) is 12.3. The Morgan fingerprint density at radius 2 is 1.52 bits per heavy atom. The van der Waals surface area contributed by atoms with Gasteiger partial charge in [0.25, 0.3) is 0 Å². The van der Waals surface area contributed by atoms with Gasteiger partial charge in [0.05, 0.1) is 5.54 Å². The molecule has 3 atom stereocenters. The van der Waals surface area contributed by atoms with Gasteiger partial charge in [0.2, 0.25) is 0 Å². The van der Waals surface area contributed by atoms with Crippen LogP contribution in [0.1, 0.15) is 25.7 Å². The maximum atomic E-state index is 3.85. The van der Waals surface area contributed by atoms with Crippen molar-refractivity contribution in [1.82, 2.24) is 0 Å². The molecular formula is C19H22N2. The molecule has 2 bridgehead atoms. The van der Waals surface area contributed by atoms with E-state index in [-0.39, 0.29) is 5.54 Å². The zero-order valence-electron chi connectivity index (χ0n) is 12.3. The summed E-state index contributed by atoms with van der Waals surface area (Å²) in [6, 6.07) is 21.8. The number of hydrogen-bond acceptors (Lipinski definition) is 2. The minimum absolute atomic E-state index is 0.224. The number of nitrogens with one attached hydrogen (secondary N) is 2. The van der Waals surface area contributed by atoms with Crippen molar-refractivity contribution in [3.63, 3.8) is 0 Å². The van der Waals surface area contributed by atoms with E-state index in [1.807, 2.05) is 0 Å². The monoisotopic (exact) mass is 278 g/mol. The lowest BCUT2D eigenvalue weighted by Crippen LogP contribution is -2.48. The molecule has 2 aromatic rings. The molecular weight excluding hydrogens is 256 g/mol. The summed E-state index contributed by atoms with van der Waals surface area (Å²) in [6.07, 6.45) is 5.23. The summed E-state index contributed by atoms with van der Waals surface area (Å²) in [6.45, 7) is 0. The molecule has 0 heterocycles. The maximum Gasteiger partial charge on any atom is 0.0577 e. The van der Waals surface area contributed by atoms with Gasteiger partial charge in [-0.15, -0.1) is 0 Å². The summed E-state index contributed by atoms with van der Waals surface area (Å²) in [4.78, 5) is 0. The Balaban J connectivity index is 1.56. The molecule has 0 amide bonds. The Hall–Kier alpha value is -1.96. The van der Waals surface area contributed by atoms with Gasteiger partial charge in [-0.05, 0) is 55.9 Å². The highest BCUT2D eigenvalue weighted by atomic mass is 15.1. The predicted molar refractivity (Wildman–Crippen MR) is 88.6 cm³/mol. The lowest BCUT2D eigenvalue weighted by atomic mass is 9.87. The molecule has 0 radical (unpaired) electrons. The second-order valence-electron chi connectivity index (χ2n) is 6.55. The van der Waals surface area contributed by atoms with Crippen LogP contribution in [0.3, 0.4) is 0 Å². The standard InChI is InChI=1S/C19H22N2/c1-3-7-16(8-4-1)20-18-13-15-11-12-19(18,14-15)21-17-9-5-2-6-10-17/h1-10,15,18,20-21H,11-14H2. The summed E-state index contributed by atoms with van der Waals surface area (Å²) in [5.74, 6) is 0.877. The Bertz CT molecular complexity index is 595. The number of anilines is 2. The van der Waals surface area contributed by atoms with Crippen LogP contribution in [0.5, 0.6) is 0 Å². The molecule has 0 spiro atoms. The van der Waals surface area contributed by atoms with Crippen LogP contribution in [0.4, 0.5) is 11.4 Å². The van der Waals surface area contributed by atoms with Crippen LogP contribution in [0, 0.1) is 5.92 Å². The van der Waals surface area contributed by atoms with E-state index >= 15 is 0 Å². The molecule has 2 aromatic carbocycles. The Kier molecular flexibility index (Phi) is 3.10. The molecule has 2 fully saturated rings. The highest BCUT2D eigenvalue weighted by Crippen LogP contribution is 2.50. The van der Waals surface area contributed by atoms with Crippen LogP contribution >= 0.6 is 0 Å². The van der Waals surface area contributed by atoms with Gasteiger partial charge >= 0.3 is 0 Å². The van der Waals surface area contributed by atoms with Crippen molar-refractivity contribution in [3.05, 3.63) is 60.7 Å². The summed E-state index contributed by atoms with van der Waals surface area (Å²) in [5, 5.41) is 7.62. The van der Waals surface area contributed by atoms with Crippen LogP contribution in [0.25, 0.3) is 0 Å². The summed E-state index contributed by atoms with van der Waals surface area (Å²) in [5.41, 5.74) is 2.71. The van der Waals surface area contributed by atoms with Crippen molar-refractivity contribution < 1.29 is 0 Å². The highest BCUT2D eigenvalue weighted by molar-refractivity contribution is 5.51. The smallest absolute Gasteiger partial charge is 0.0577 e. The van der Waals surface area contributed by atoms with E-state index in [4.69, 9.17) is 0 Å². The van der Waals surface area contributed by atoms with Crippen molar-refractivity contribution in [3.8, 4) is 0 Å². The lowest BCUT2D eigenvalue weighted by Gasteiger charge is -2.38. The first kappa shape index (κ1) is 12.8. The van der Waals surface area contributed by atoms with Crippen LogP contribution in [0.15, 0.2) is 60.7 Å². The van der Waals surface area contributed by atoms with Crippen LogP contribution in [-0.2, 0) is 0 Å². The summed E-state index contributed by atoms with van der Waals surface area (Å²) < 4.78 is 0. The van der Waals surface area contributed by atoms with E-state index in [0.29, 0.717) is 6.04 Å². The molecule has 4 rings (SSSR count). The number of hydrogen-bond donors (Lipinski definition) is 2. The van der Waals surface area contributed by atoms with Gasteiger partial charge < -0.3 is 10.6 Å². The van der Waals surface area contributed by atoms with Gasteiger partial charge in [-0.2, -0.15) is 0 Å². The third-order valence-electron chi connectivity index (χ3n) is 5.17. The number of rotatable bonds is 4. The number of fused-ring (bicyclic) bond motifs is 2. The average Bonchev–Trinajstić information content (AvgIpc) is 3.07. The maximum absolute atomic E-state index is 3.85. The van der Waals surface area contributed by atoms with E-state index in [9.17, 15) is 0 Å². The molecule has 2 saturated carbocycles. The molecule has 21 heavy (non-hydrogen) atoms. The molecule has 0 aliphatic heterocycles. The van der Waals surface area contributed by atoms with E-state index in [1.165, 1.54) is 37.1 Å². The fraction of sp³-hybridized carbons (Fsp3) is 0.368. The van der Waals surface area contributed by atoms with Crippen LogP contribution in [-0.4, -0.2) is 11.6 Å². The molecule has 0 saturated heterocycles. The van der Waals surface area contributed by atoms with E-state index in [1.54, 1.807) is 0 Å². The van der Waals surface area contributed by atoms with Gasteiger partial charge in [-0.1, -0.05) is 36.4 Å². The highest BCUT2D eigenvalue weighted by Gasteiger charge is 2.52. The molecule has 2 heteroatoms. The largest absolute Gasteiger partial charge is 0.380 e. The topological polar surface area (TPSA) is 24.1 Å². The van der Waals surface area contributed by atoms with Gasteiger partial charge in [0, 0.05) is 17.4 Å². The van der Waals surface area contributed by atoms with E-state index < -0.39 is 0 Å². The minimum Gasteiger partial charge on any atom is -0.380 e. The predicted octanol–water partition coefficient (Wildman–Crippen LogP) is 4.52. The Morgan fingerprint density at radius 1 is 0.857 bits per heavy atom. The third kappa shape index (κ3) is 2.39. The fourth-order valence-corrected chi connectivity index (χ4v) is 4.20. The number of para-hydroxylation sites is 2. The van der Waals surface area contributed by atoms with Gasteiger partial charge in [-0.25, -0.2) is 0 Å². The van der Waals surface area contributed by atoms with Crippen LogP contribution in [0.2, 0.25) is 0 Å². The Morgan fingerprint density at radius 3 is 2.19 bits per heavy atom. The first-order valence-corrected chi connectivity index (χ1v) is 7.99. The van der Waals surface area contributed by atoms with Crippen LogP contribution < -0.4 is 10.6 Å². The fourth-order valence-electron chi connectivity index (χ4n) is 4.20. The van der Waals surface area contributed by atoms with E-state index in [0.717, 1.165) is 5.92 Å². The normalized spacial score (nSPS) is 30.3. The van der Waals surface area contributed by atoms with E-state index in [2.05, 4.69) is 71.3 Å². The first-order chi connectivity index (χ1) is 10.3. The van der Waals surface area contributed by atoms with Crippen molar-refractivity contribution in [2.45, 2.75) is 37.3 Å². The molecule has 108 valence electrons. The first-order valence-electron chi connectivity index (χ1n) is 7.99. The van der Waals surface area contributed by atoms with Gasteiger partial charge in [0.1, 0.15) is 0 Å². The summed E-state index contributed by atoms with van der Waals surface area (Å²) >= 11 is 0. The molecule has 2 aliphatic carbocycles. The quantitative estimate of drug-likeness (QED) is 0.859. The SMILES string of the molecule is c1ccc(NC2CC3CCC2(Nc2ccccc2)C3)cc1. The molecule has 0 aromatic heterocycles. The third-order valence-corrected chi connectivity index (χ3v) is 5.17. The van der Waals surface area contributed by atoms with Gasteiger partial charge in [0.15, 0.2) is 0 Å².